The molecule has 1 aromatic rings. The van der Waals surface area contributed by atoms with E-state index in [0.29, 0.717) is 12.2 Å². The van der Waals surface area contributed by atoms with Crippen molar-refractivity contribution in [3.8, 4) is 0 Å². The molecule has 0 amide bonds. The Balaban J connectivity index is 2.00. The van der Waals surface area contributed by atoms with Gasteiger partial charge in [0.25, 0.3) is 0 Å². The Morgan fingerprint density at radius 3 is 2.44 bits per heavy atom. The quantitative estimate of drug-likeness (QED) is 0.798. The molecule has 0 unspecified atom stereocenters. The standard InChI is InChI=1S/C16H20O2/c1-12-4-3-5-13(10-12)16-8-6-15(18-2,7-9-16)11-14(16)17/h3-5,10H,6-9,11H2,1-2H3. The van der Waals surface area contributed by atoms with E-state index in [1.807, 2.05) is 0 Å². The molecule has 96 valence electrons. The Kier molecular flexibility index (Phi) is 2.60. The molecule has 0 saturated heterocycles. The zero-order valence-electron chi connectivity index (χ0n) is 11.2. The minimum absolute atomic E-state index is 0.150. The number of methoxy groups -OCH3 is 1. The zero-order valence-corrected chi connectivity index (χ0v) is 11.2. The molecule has 0 radical (unpaired) electrons. The van der Waals surface area contributed by atoms with E-state index in [-0.39, 0.29) is 11.0 Å². The normalized spacial score (nSPS) is 34.9. The number of Topliss-reactive ketones (excluding diaryl/α,β-unsaturated/α-hetero) is 1. The monoisotopic (exact) mass is 244 g/mol. The second-order valence-corrected chi connectivity index (χ2v) is 5.94. The molecular formula is C16H20O2. The van der Waals surface area contributed by atoms with E-state index in [1.54, 1.807) is 7.11 Å². The fraction of sp³-hybridized carbons (Fsp3) is 0.562. The number of ether oxygens (including phenoxy) is 1. The third-order valence-corrected chi connectivity index (χ3v) is 5.03. The molecule has 2 nitrogen and oxygen atoms in total. The summed E-state index contributed by atoms with van der Waals surface area (Å²) in [6, 6.07) is 8.47. The first kappa shape index (κ1) is 11.9. The van der Waals surface area contributed by atoms with Crippen molar-refractivity contribution in [2.24, 2.45) is 0 Å². The summed E-state index contributed by atoms with van der Waals surface area (Å²) in [7, 11) is 1.75. The number of fused-ring (bicyclic) bond motifs is 3. The van der Waals surface area contributed by atoms with Crippen LogP contribution in [0.1, 0.15) is 43.2 Å². The van der Waals surface area contributed by atoms with Crippen molar-refractivity contribution < 1.29 is 9.53 Å². The number of ketones is 1. The van der Waals surface area contributed by atoms with Gasteiger partial charge in [0.1, 0.15) is 5.78 Å². The Morgan fingerprint density at radius 1 is 1.17 bits per heavy atom. The summed E-state index contributed by atoms with van der Waals surface area (Å²) in [5, 5.41) is 0. The summed E-state index contributed by atoms with van der Waals surface area (Å²) >= 11 is 0. The van der Waals surface area contributed by atoms with Crippen molar-refractivity contribution in [1.29, 1.82) is 0 Å². The maximum absolute atomic E-state index is 12.6. The minimum Gasteiger partial charge on any atom is -0.378 e. The van der Waals surface area contributed by atoms with E-state index < -0.39 is 0 Å². The second-order valence-electron chi connectivity index (χ2n) is 5.94. The highest BCUT2D eigenvalue weighted by Crippen LogP contribution is 2.52. The molecule has 3 aliphatic carbocycles. The predicted molar refractivity (Wildman–Crippen MR) is 70.7 cm³/mol. The van der Waals surface area contributed by atoms with Crippen LogP contribution in [0.5, 0.6) is 0 Å². The lowest BCUT2D eigenvalue weighted by atomic mass is 9.55. The lowest BCUT2D eigenvalue weighted by Gasteiger charge is -2.51. The zero-order chi connectivity index (χ0) is 12.8. The van der Waals surface area contributed by atoms with Gasteiger partial charge in [-0.25, -0.2) is 0 Å². The number of carbonyl (C=O) groups is 1. The van der Waals surface area contributed by atoms with Crippen LogP contribution in [0, 0.1) is 6.92 Å². The molecule has 2 heteroatoms. The van der Waals surface area contributed by atoms with E-state index >= 15 is 0 Å². The number of carbonyl (C=O) groups excluding carboxylic acids is 1. The Hall–Kier alpha value is -1.15. The van der Waals surface area contributed by atoms with Gasteiger partial charge in [-0.1, -0.05) is 29.8 Å². The number of aryl methyl sites for hydroxylation is 1. The number of hydrogen-bond donors (Lipinski definition) is 0. The molecule has 0 aliphatic heterocycles. The second kappa shape index (κ2) is 3.92. The van der Waals surface area contributed by atoms with Crippen LogP contribution in [-0.4, -0.2) is 18.5 Å². The van der Waals surface area contributed by atoms with Gasteiger partial charge in [-0.15, -0.1) is 0 Å². The van der Waals surface area contributed by atoms with Gasteiger partial charge in [-0.2, -0.15) is 0 Å². The first-order valence-electron chi connectivity index (χ1n) is 6.76. The van der Waals surface area contributed by atoms with Crippen molar-refractivity contribution in [1.82, 2.24) is 0 Å². The van der Waals surface area contributed by atoms with Gasteiger partial charge in [-0.3, -0.25) is 4.79 Å². The number of benzene rings is 1. The summed E-state index contributed by atoms with van der Waals surface area (Å²) in [5.41, 5.74) is 2.09. The third-order valence-electron chi connectivity index (χ3n) is 5.03. The highest BCUT2D eigenvalue weighted by Gasteiger charge is 2.55. The molecule has 1 aromatic carbocycles. The van der Waals surface area contributed by atoms with Gasteiger partial charge < -0.3 is 4.74 Å². The van der Waals surface area contributed by atoms with Crippen molar-refractivity contribution in [2.75, 3.05) is 7.11 Å². The number of rotatable bonds is 2. The van der Waals surface area contributed by atoms with E-state index in [0.717, 1.165) is 25.7 Å². The van der Waals surface area contributed by atoms with Crippen LogP contribution in [0.25, 0.3) is 0 Å². The predicted octanol–water partition coefficient (Wildman–Crippen LogP) is 3.16. The average Bonchev–Trinajstić information content (AvgIpc) is 2.40. The van der Waals surface area contributed by atoms with E-state index in [1.165, 1.54) is 11.1 Å². The summed E-state index contributed by atoms with van der Waals surface area (Å²) in [5.74, 6) is 0.382. The first-order chi connectivity index (χ1) is 8.60. The van der Waals surface area contributed by atoms with Crippen molar-refractivity contribution in [3.05, 3.63) is 35.4 Å². The summed E-state index contributed by atoms with van der Waals surface area (Å²) in [6.07, 6.45) is 4.52. The van der Waals surface area contributed by atoms with Crippen LogP contribution in [0.15, 0.2) is 24.3 Å². The van der Waals surface area contributed by atoms with E-state index in [2.05, 4.69) is 31.2 Å². The van der Waals surface area contributed by atoms with Gasteiger partial charge in [0.05, 0.1) is 11.0 Å². The van der Waals surface area contributed by atoms with Gasteiger partial charge in [0.2, 0.25) is 0 Å². The molecule has 2 bridgehead atoms. The van der Waals surface area contributed by atoms with E-state index in [4.69, 9.17) is 4.74 Å². The lowest BCUT2D eigenvalue weighted by Crippen LogP contribution is -2.55. The molecule has 0 heterocycles. The fourth-order valence-electron chi connectivity index (χ4n) is 3.72. The van der Waals surface area contributed by atoms with Crippen LogP contribution in [0.3, 0.4) is 0 Å². The van der Waals surface area contributed by atoms with Crippen LogP contribution in [0.2, 0.25) is 0 Å². The van der Waals surface area contributed by atoms with Gasteiger partial charge in [-0.05, 0) is 38.2 Å². The Bertz CT molecular complexity index is 482. The van der Waals surface area contributed by atoms with Crippen LogP contribution < -0.4 is 0 Å². The van der Waals surface area contributed by atoms with Crippen LogP contribution >= 0.6 is 0 Å². The molecule has 0 spiro atoms. The first-order valence-corrected chi connectivity index (χ1v) is 6.76. The molecule has 0 N–H and O–H groups in total. The fourth-order valence-corrected chi connectivity index (χ4v) is 3.72. The minimum atomic E-state index is -0.216. The summed E-state index contributed by atoms with van der Waals surface area (Å²) in [6.45, 7) is 2.09. The van der Waals surface area contributed by atoms with Gasteiger partial charge in [0.15, 0.2) is 0 Å². The molecule has 3 aliphatic rings. The topological polar surface area (TPSA) is 26.3 Å². The van der Waals surface area contributed by atoms with Crippen LogP contribution in [0.4, 0.5) is 0 Å². The smallest absolute Gasteiger partial charge is 0.146 e. The summed E-state index contributed by atoms with van der Waals surface area (Å²) < 4.78 is 5.62. The van der Waals surface area contributed by atoms with E-state index in [9.17, 15) is 4.79 Å². The Labute approximate surface area is 108 Å². The molecular weight excluding hydrogens is 224 g/mol. The van der Waals surface area contributed by atoms with Crippen molar-refractivity contribution in [2.45, 2.75) is 50.0 Å². The third kappa shape index (κ3) is 1.55. The van der Waals surface area contributed by atoms with Crippen LogP contribution in [-0.2, 0) is 14.9 Å². The SMILES string of the molecule is COC12CCC(c3cccc(C)c3)(CC1)C(=O)C2. The maximum atomic E-state index is 12.6. The molecule has 0 atom stereocenters. The highest BCUT2D eigenvalue weighted by molar-refractivity contribution is 5.92. The van der Waals surface area contributed by atoms with Gasteiger partial charge in [0, 0.05) is 13.5 Å². The highest BCUT2D eigenvalue weighted by atomic mass is 16.5. The van der Waals surface area contributed by atoms with Crippen molar-refractivity contribution >= 4 is 5.78 Å². The molecule has 3 saturated carbocycles. The van der Waals surface area contributed by atoms with Gasteiger partial charge >= 0.3 is 0 Å². The summed E-state index contributed by atoms with van der Waals surface area (Å²) in [4.78, 5) is 12.6. The average molecular weight is 244 g/mol. The molecule has 3 fully saturated rings. The maximum Gasteiger partial charge on any atom is 0.146 e. The number of hydrogen-bond acceptors (Lipinski definition) is 2. The molecule has 4 rings (SSSR count). The largest absolute Gasteiger partial charge is 0.378 e. The lowest BCUT2D eigenvalue weighted by molar-refractivity contribution is -0.150. The Morgan fingerprint density at radius 2 is 1.89 bits per heavy atom. The van der Waals surface area contributed by atoms with Crippen molar-refractivity contribution in [3.63, 3.8) is 0 Å². The molecule has 0 aromatic heterocycles. The molecule has 18 heavy (non-hydrogen) atoms.